The van der Waals surface area contributed by atoms with Crippen molar-refractivity contribution in [3.05, 3.63) is 20.8 Å². The number of carbonyl (C=O) groups is 1. The van der Waals surface area contributed by atoms with Gasteiger partial charge in [0.05, 0.1) is 6.04 Å². The Hall–Kier alpha value is -2.25. The number of aromatic nitrogens is 2. The van der Waals surface area contributed by atoms with Crippen LogP contribution in [0.5, 0.6) is 0 Å². The van der Waals surface area contributed by atoms with Gasteiger partial charge in [0, 0.05) is 19.5 Å². The number of nitrogens with two attached hydrogens (primary N) is 1. The van der Waals surface area contributed by atoms with E-state index in [2.05, 4.69) is 15.6 Å². The van der Waals surface area contributed by atoms with E-state index in [1.54, 1.807) is 0 Å². The van der Waals surface area contributed by atoms with Crippen LogP contribution in [-0.4, -0.2) is 28.0 Å². The minimum Gasteiger partial charge on any atom is -0.383 e. The van der Waals surface area contributed by atoms with Gasteiger partial charge in [-0.2, -0.15) is 0 Å². The summed E-state index contributed by atoms with van der Waals surface area (Å²) in [5.74, 6) is 0.0448. The van der Waals surface area contributed by atoms with Gasteiger partial charge < -0.3 is 16.4 Å². The first-order valence-corrected chi connectivity index (χ1v) is 6.68. The molecular weight excluding hydrogens is 262 g/mol. The van der Waals surface area contributed by atoms with Crippen molar-refractivity contribution in [3.8, 4) is 0 Å². The van der Waals surface area contributed by atoms with Crippen LogP contribution in [0.25, 0.3) is 0 Å². The standard InChI is InChI=1S/C12H19N5O3/c1-2-3-4-17-10(13)9(11(19)16-12(17)20)15-7-5-8(18)14-6-7/h7,15H,2-6,13H2,1H3,(H,14,18)(H,16,19,20). The average Bonchev–Trinajstić information content (AvgIpc) is 2.80. The molecule has 1 aliphatic heterocycles. The van der Waals surface area contributed by atoms with E-state index < -0.39 is 11.2 Å². The molecule has 8 heteroatoms. The van der Waals surface area contributed by atoms with Gasteiger partial charge in [0.2, 0.25) is 5.91 Å². The molecule has 0 saturated carbocycles. The highest BCUT2D eigenvalue weighted by Crippen LogP contribution is 2.14. The molecule has 1 aromatic heterocycles. The third kappa shape index (κ3) is 2.84. The zero-order valence-corrected chi connectivity index (χ0v) is 11.4. The van der Waals surface area contributed by atoms with Crippen LogP contribution in [0.2, 0.25) is 0 Å². The Labute approximate surface area is 115 Å². The SMILES string of the molecule is CCCCn1c(N)c(NC2CNC(=O)C2)c(=O)[nH]c1=O. The Morgan fingerprint density at radius 3 is 2.75 bits per heavy atom. The number of nitrogen functional groups attached to an aromatic ring is 1. The fourth-order valence-corrected chi connectivity index (χ4v) is 2.18. The van der Waals surface area contributed by atoms with Crippen LogP contribution >= 0.6 is 0 Å². The van der Waals surface area contributed by atoms with Gasteiger partial charge in [0.15, 0.2) is 0 Å². The predicted octanol–water partition coefficient (Wildman–Crippen LogP) is -0.781. The Morgan fingerprint density at radius 1 is 1.40 bits per heavy atom. The molecule has 0 bridgehead atoms. The maximum absolute atomic E-state index is 11.8. The lowest BCUT2D eigenvalue weighted by molar-refractivity contribution is -0.119. The van der Waals surface area contributed by atoms with Crippen LogP contribution in [-0.2, 0) is 11.3 Å². The summed E-state index contributed by atoms with van der Waals surface area (Å²) in [4.78, 5) is 37.0. The lowest BCUT2D eigenvalue weighted by atomic mass is 10.2. The van der Waals surface area contributed by atoms with Crippen LogP contribution < -0.4 is 27.6 Å². The molecule has 20 heavy (non-hydrogen) atoms. The second-order valence-corrected chi connectivity index (χ2v) is 4.87. The minimum absolute atomic E-state index is 0.0724. The van der Waals surface area contributed by atoms with E-state index in [-0.39, 0.29) is 29.9 Å². The summed E-state index contributed by atoms with van der Waals surface area (Å²) in [5, 5.41) is 5.61. The lowest BCUT2D eigenvalue weighted by Crippen LogP contribution is -2.36. The zero-order valence-electron chi connectivity index (χ0n) is 11.4. The summed E-state index contributed by atoms with van der Waals surface area (Å²) in [6, 6.07) is -0.192. The number of nitrogens with one attached hydrogen (secondary N) is 3. The summed E-state index contributed by atoms with van der Waals surface area (Å²) in [5.41, 5.74) is 5.01. The molecule has 110 valence electrons. The van der Waals surface area contributed by atoms with Gasteiger partial charge in [-0.3, -0.25) is 19.1 Å². The number of H-pyrrole nitrogens is 1. The summed E-state index contributed by atoms with van der Waals surface area (Å²) >= 11 is 0. The van der Waals surface area contributed by atoms with Crippen molar-refractivity contribution >= 4 is 17.4 Å². The molecule has 0 aliphatic carbocycles. The molecule has 1 aromatic rings. The molecule has 1 unspecified atom stereocenters. The smallest absolute Gasteiger partial charge is 0.330 e. The van der Waals surface area contributed by atoms with Crippen molar-refractivity contribution in [2.24, 2.45) is 0 Å². The van der Waals surface area contributed by atoms with Gasteiger partial charge in [-0.25, -0.2) is 4.79 Å². The Bertz CT molecular complexity index is 618. The van der Waals surface area contributed by atoms with Crippen LogP contribution in [0.4, 0.5) is 11.5 Å². The van der Waals surface area contributed by atoms with E-state index in [1.807, 2.05) is 6.92 Å². The van der Waals surface area contributed by atoms with Crippen molar-refractivity contribution < 1.29 is 4.79 Å². The fraction of sp³-hybridized carbons (Fsp3) is 0.583. The first kappa shape index (κ1) is 14.2. The maximum atomic E-state index is 11.8. The number of rotatable bonds is 5. The summed E-state index contributed by atoms with van der Waals surface area (Å²) in [6.45, 7) is 2.89. The van der Waals surface area contributed by atoms with Gasteiger partial charge in [0.1, 0.15) is 11.5 Å². The van der Waals surface area contributed by atoms with Crippen LogP contribution in [0.1, 0.15) is 26.2 Å². The Morgan fingerprint density at radius 2 is 2.15 bits per heavy atom. The van der Waals surface area contributed by atoms with E-state index in [1.165, 1.54) is 4.57 Å². The summed E-state index contributed by atoms with van der Waals surface area (Å²) in [6.07, 6.45) is 1.99. The van der Waals surface area contributed by atoms with Crippen molar-refractivity contribution in [1.82, 2.24) is 14.9 Å². The Kier molecular flexibility index (Phi) is 4.11. The van der Waals surface area contributed by atoms with Gasteiger partial charge in [-0.1, -0.05) is 13.3 Å². The van der Waals surface area contributed by atoms with Crippen LogP contribution in [0, 0.1) is 0 Å². The molecule has 1 atom stereocenters. The molecule has 1 saturated heterocycles. The third-order valence-electron chi connectivity index (χ3n) is 3.30. The molecule has 1 amide bonds. The topological polar surface area (TPSA) is 122 Å². The predicted molar refractivity (Wildman–Crippen MR) is 75.7 cm³/mol. The Balaban J connectivity index is 2.30. The number of aromatic amines is 1. The highest BCUT2D eigenvalue weighted by atomic mass is 16.2. The molecular formula is C12H19N5O3. The monoisotopic (exact) mass is 281 g/mol. The molecule has 0 spiro atoms. The molecule has 5 N–H and O–H groups in total. The first-order valence-electron chi connectivity index (χ1n) is 6.68. The maximum Gasteiger partial charge on any atom is 0.330 e. The normalized spacial score (nSPS) is 18.1. The highest BCUT2D eigenvalue weighted by Gasteiger charge is 2.23. The molecule has 0 aromatic carbocycles. The van der Waals surface area contributed by atoms with Crippen molar-refractivity contribution in [2.45, 2.75) is 38.8 Å². The number of anilines is 2. The van der Waals surface area contributed by atoms with E-state index in [9.17, 15) is 14.4 Å². The summed E-state index contributed by atoms with van der Waals surface area (Å²) in [7, 11) is 0. The molecule has 1 aliphatic rings. The number of amides is 1. The first-order chi connectivity index (χ1) is 9.52. The average molecular weight is 281 g/mol. The number of unbranched alkanes of at least 4 members (excludes halogenated alkanes) is 1. The number of nitrogens with zero attached hydrogens (tertiary/aromatic N) is 1. The quantitative estimate of drug-likeness (QED) is 0.564. The van der Waals surface area contributed by atoms with Crippen molar-refractivity contribution in [3.63, 3.8) is 0 Å². The molecule has 1 fully saturated rings. The van der Waals surface area contributed by atoms with Gasteiger partial charge >= 0.3 is 5.69 Å². The van der Waals surface area contributed by atoms with Crippen LogP contribution in [0.15, 0.2) is 9.59 Å². The van der Waals surface area contributed by atoms with Crippen molar-refractivity contribution in [1.29, 1.82) is 0 Å². The number of hydrogen-bond donors (Lipinski definition) is 4. The zero-order chi connectivity index (χ0) is 14.7. The van der Waals surface area contributed by atoms with E-state index in [0.717, 1.165) is 12.8 Å². The van der Waals surface area contributed by atoms with Gasteiger partial charge in [-0.15, -0.1) is 0 Å². The minimum atomic E-state index is -0.556. The third-order valence-corrected chi connectivity index (χ3v) is 3.30. The fourth-order valence-electron chi connectivity index (χ4n) is 2.18. The van der Waals surface area contributed by atoms with E-state index >= 15 is 0 Å². The molecule has 2 heterocycles. The second kappa shape index (κ2) is 5.81. The molecule has 2 rings (SSSR count). The lowest BCUT2D eigenvalue weighted by Gasteiger charge is -2.16. The summed E-state index contributed by atoms with van der Waals surface area (Å²) < 4.78 is 1.34. The highest BCUT2D eigenvalue weighted by molar-refractivity contribution is 5.80. The van der Waals surface area contributed by atoms with Gasteiger partial charge in [0.25, 0.3) is 5.56 Å². The van der Waals surface area contributed by atoms with Crippen molar-refractivity contribution in [2.75, 3.05) is 17.6 Å². The molecule has 0 radical (unpaired) electrons. The second-order valence-electron chi connectivity index (χ2n) is 4.87. The van der Waals surface area contributed by atoms with Crippen LogP contribution in [0.3, 0.4) is 0 Å². The van der Waals surface area contributed by atoms with E-state index in [0.29, 0.717) is 13.1 Å². The van der Waals surface area contributed by atoms with E-state index in [4.69, 9.17) is 5.73 Å². The molecule has 8 nitrogen and oxygen atoms in total. The number of carbonyl (C=O) groups excluding carboxylic acids is 1. The number of hydrogen-bond acceptors (Lipinski definition) is 5. The largest absolute Gasteiger partial charge is 0.383 e. The van der Waals surface area contributed by atoms with Gasteiger partial charge in [-0.05, 0) is 6.42 Å².